The lowest BCUT2D eigenvalue weighted by molar-refractivity contribution is -0.146. The number of hydrogen-bond donors (Lipinski definition) is 4. The first-order chi connectivity index (χ1) is 28.4. The highest BCUT2D eigenvalue weighted by Gasteiger charge is 2.53. The van der Waals surface area contributed by atoms with E-state index in [1.807, 2.05) is 185 Å². The lowest BCUT2D eigenvalue weighted by Crippen LogP contribution is -2.61. The summed E-state index contributed by atoms with van der Waals surface area (Å²) < 4.78 is 0. The Balaban J connectivity index is 1.31. The summed E-state index contributed by atoms with van der Waals surface area (Å²) in [5.41, 5.74) is 3.86. The third kappa shape index (κ3) is 8.66. The monoisotopic (exact) mass is 784 g/mol. The summed E-state index contributed by atoms with van der Waals surface area (Å²) in [6, 6.07) is 49.1. The van der Waals surface area contributed by atoms with Crippen LogP contribution in [0, 0.1) is 33.1 Å². The average molecular weight is 785 g/mol. The van der Waals surface area contributed by atoms with Crippen molar-refractivity contribution in [3.8, 4) is 0 Å². The van der Waals surface area contributed by atoms with Gasteiger partial charge in [0.1, 0.15) is 16.6 Å². The normalized spacial score (nSPS) is 14.9. The van der Waals surface area contributed by atoms with Gasteiger partial charge in [-0.15, -0.1) is 0 Å². The maximum atomic E-state index is 15.3. The van der Waals surface area contributed by atoms with Crippen LogP contribution in [0.15, 0.2) is 158 Å². The highest BCUT2D eigenvalue weighted by atomic mass is 16.3. The molecule has 0 saturated heterocycles. The van der Waals surface area contributed by atoms with Crippen molar-refractivity contribution in [3.63, 3.8) is 0 Å². The maximum Gasteiger partial charge on any atom is 0.236 e. The number of aryl methyl sites for hydroxylation is 4. The van der Waals surface area contributed by atoms with E-state index in [9.17, 15) is 10.2 Å². The third-order valence-electron chi connectivity index (χ3n) is 12.5. The van der Waals surface area contributed by atoms with Crippen molar-refractivity contribution in [3.05, 3.63) is 213 Å². The fraction of sp³-hybridized carbons (Fsp3) is 0.283. The Hall–Kier alpha value is -5.82. The first-order valence-electron chi connectivity index (χ1n) is 20.8. The smallest absolute Gasteiger partial charge is 0.236 e. The van der Waals surface area contributed by atoms with Crippen LogP contribution in [0.1, 0.15) is 81.3 Å². The van der Waals surface area contributed by atoms with Gasteiger partial charge in [-0.1, -0.05) is 193 Å². The van der Waals surface area contributed by atoms with Gasteiger partial charge in [-0.05, 0) is 86.8 Å². The zero-order valence-electron chi connectivity index (χ0n) is 34.6. The van der Waals surface area contributed by atoms with Crippen molar-refractivity contribution >= 4 is 11.8 Å². The van der Waals surface area contributed by atoms with Crippen molar-refractivity contribution in [1.82, 2.24) is 10.6 Å². The topological polar surface area (TPSA) is 98.7 Å². The summed E-state index contributed by atoms with van der Waals surface area (Å²) in [6.45, 7) is 8.02. The van der Waals surface area contributed by atoms with Crippen LogP contribution in [0.4, 0.5) is 0 Å². The number of nitrogens with one attached hydrogen (secondary N) is 2. The molecule has 59 heavy (non-hydrogen) atoms. The number of amides is 2. The molecule has 0 spiro atoms. The van der Waals surface area contributed by atoms with E-state index < -0.39 is 40.5 Å². The van der Waals surface area contributed by atoms with Gasteiger partial charge in [0.15, 0.2) is 0 Å². The molecule has 2 amide bonds. The lowest BCUT2D eigenvalue weighted by Gasteiger charge is -2.41. The van der Waals surface area contributed by atoms with E-state index in [4.69, 9.17) is 0 Å². The minimum atomic E-state index is -1.66. The molecule has 0 bridgehead atoms. The summed E-state index contributed by atoms with van der Waals surface area (Å²) in [6.07, 6.45) is 2.66. The quantitative estimate of drug-likeness (QED) is 0.0829. The standard InChI is InChI=1S/C53H56N2O4/c1-37-17-25-43(26-18-37)52(58,44-27-19-38(2)20-28-44)47(35-41-13-7-5-8-14-41)54-49(56)51(33-11-12-34-51)50(57)55-48(36-42-15-9-6-10-16-42)53(59,45-29-21-39(3)22-30-45)46-31-23-40(4)24-32-46/h5-10,13-32,47-48,58-59H,11-12,33-36H2,1-4H3,(H,54,56)(H,55,57)/t47-,48-/m1/s1. The Labute approximate surface area is 349 Å². The highest BCUT2D eigenvalue weighted by molar-refractivity contribution is 6.05. The Kier molecular flexibility index (Phi) is 12.3. The Morgan fingerprint density at radius 2 is 0.746 bits per heavy atom. The molecule has 6 heteroatoms. The largest absolute Gasteiger partial charge is 0.378 e. The van der Waals surface area contributed by atoms with E-state index in [2.05, 4.69) is 10.6 Å². The van der Waals surface area contributed by atoms with Crippen LogP contribution in [0.5, 0.6) is 0 Å². The SMILES string of the molecule is Cc1ccc(C(O)(c2ccc(C)cc2)[C@@H](Cc2ccccc2)NC(=O)C2(C(=O)N[C@H](Cc3ccccc3)C(O)(c3ccc(C)cc3)c3ccc(C)cc3)CCCC2)cc1. The fourth-order valence-corrected chi connectivity index (χ4v) is 8.80. The molecule has 302 valence electrons. The molecule has 6 aromatic rings. The van der Waals surface area contributed by atoms with Crippen LogP contribution in [-0.2, 0) is 33.6 Å². The molecular weight excluding hydrogens is 729 g/mol. The molecule has 1 saturated carbocycles. The summed E-state index contributed by atoms with van der Waals surface area (Å²) in [5, 5.41) is 33.1. The molecule has 0 aliphatic heterocycles. The van der Waals surface area contributed by atoms with Crippen molar-refractivity contribution < 1.29 is 19.8 Å². The van der Waals surface area contributed by atoms with Gasteiger partial charge >= 0.3 is 0 Å². The number of rotatable bonds is 14. The van der Waals surface area contributed by atoms with Gasteiger partial charge in [-0.2, -0.15) is 0 Å². The Bertz CT molecular complexity index is 2060. The maximum absolute atomic E-state index is 15.3. The number of benzene rings is 6. The highest BCUT2D eigenvalue weighted by Crippen LogP contribution is 2.43. The van der Waals surface area contributed by atoms with Gasteiger partial charge in [0, 0.05) is 0 Å². The molecule has 6 aromatic carbocycles. The molecule has 7 rings (SSSR count). The van der Waals surface area contributed by atoms with Gasteiger partial charge in [-0.3, -0.25) is 9.59 Å². The predicted molar refractivity (Wildman–Crippen MR) is 236 cm³/mol. The van der Waals surface area contributed by atoms with Crippen molar-refractivity contribution in [1.29, 1.82) is 0 Å². The molecule has 1 aliphatic carbocycles. The average Bonchev–Trinajstić information content (AvgIpc) is 3.76. The zero-order chi connectivity index (χ0) is 41.6. The molecule has 2 atom stereocenters. The zero-order valence-corrected chi connectivity index (χ0v) is 34.6. The number of aliphatic hydroxyl groups is 2. The number of carbonyl (C=O) groups excluding carboxylic acids is 2. The van der Waals surface area contributed by atoms with Crippen molar-refractivity contribution in [2.75, 3.05) is 0 Å². The van der Waals surface area contributed by atoms with E-state index in [1.54, 1.807) is 0 Å². The molecular formula is C53H56N2O4. The first kappa shape index (κ1) is 41.3. The number of hydrogen-bond acceptors (Lipinski definition) is 4. The molecule has 6 nitrogen and oxygen atoms in total. The van der Waals surface area contributed by atoms with Crippen LogP contribution in [-0.4, -0.2) is 34.1 Å². The van der Waals surface area contributed by atoms with Crippen LogP contribution < -0.4 is 10.6 Å². The van der Waals surface area contributed by atoms with Crippen LogP contribution >= 0.6 is 0 Å². The Morgan fingerprint density at radius 1 is 0.475 bits per heavy atom. The van der Waals surface area contributed by atoms with Crippen LogP contribution in [0.3, 0.4) is 0 Å². The fourth-order valence-electron chi connectivity index (χ4n) is 8.80. The summed E-state index contributed by atoms with van der Waals surface area (Å²) in [5.74, 6) is -0.863. The van der Waals surface area contributed by atoms with E-state index >= 15 is 9.59 Å². The van der Waals surface area contributed by atoms with E-state index in [-0.39, 0.29) is 0 Å². The minimum absolute atomic E-state index is 0.305. The summed E-state index contributed by atoms with van der Waals surface area (Å²) >= 11 is 0. The molecule has 1 fully saturated rings. The van der Waals surface area contributed by atoms with E-state index in [1.165, 1.54) is 0 Å². The van der Waals surface area contributed by atoms with Gasteiger partial charge in [0.2, 0.25) is 11.8 Å². The predicted octanol–water partition coefficient (Wildman–Crippen LogP) is 9.11. The van der Waals surface area contributed by atoms with Crippen molar-refractivity contribution in [2.45, 2.75) is 89.5 Å². The summed E-state index contributed by atoms with van der Waals surface area (Å²) in [4.78, 5) is 30.6. The molecule has 0 heterocycles. The van der Waals surface area contributed by atoms with E-state index in [0.29, 0.717) is 60.8 Å². The Morgan fingerprint density at radius 3 is 1.02 bits per heavy atom. The van der Waals surface area contributed by atoms with Crippen LogP contribution in [0.2, 0.25) is 0 Å². The molecule has 4 N–H and O–H groups in total. The first-order valence-corrected chi connectivity index (χ1v) is 20.8. The second kappa shape index (κ2) is 17.6. The molecule has 0 unspecified atom stereocenters. The van der Waals surface area contributed by atoms with Crippen LogP contribution in [0.25, 0.3) is 0 Å². The van der Waals surface area contributed by atoms with Gasteiger partial charge in [-0.25, -0.2) is 0 Å². The number of carbonyl (C=O) groups is 2. The van der Waals surface area contributed by atoms with Crippen molar-refractivity contribution in [2.24, 2.45) is 5.41 Å². The van der Waals surface area contributed by atoms with E-state index in [0.717, 1.165) is 33.4 Å². The minimum Gasteiger partial charge on any atom is -0.378 e. The second-order valence-corrected chi connectivity index (χ2v) is 16.7. The molecule has 0 radical (unpaired) electrons. The van der Waals surface area contributed by atoms with Gasteiger partial charge in [0.05, 0.1) is 12.1 Å². The summed E-state index contributed by atoms with van der Waals surface area (Å²) in [7, 11) is 0. The van der Waals surface area contributed by atoms with Gasteiger partial charge < -0.3 is 20.8 Å². The lowest BCUT2D eigenvalue weighted by atomic mass is 9.75. The molecule has 0 aromatic heterocycles. The molecule has 1 aliphatic rings. The van der Waals surface area contributed by atoms with Gasteiger partial charge in [0.25, 0.3) is 0 Å². The second-order valence-electron chi connectivity index (χ2n) is 16.7. The third-order valence-corrected chi connectivity index (χ3v) is 12.5.